The first-order chi connectivity index (χ1) is 17.9. The van der Waals surface area contributed by atoms with Gasteiger partial charge in [-0.15, -0.1) is 0 Å². The van der Waals surface area contributed by atoms with E-state index in [1.54, 1.807) is 30.6 Å². The van der Waals surface area contributed by atoms with Crippen LogP contribution in [-0.4, -0.2) is 52.4 Å². The molecule has 37 heavy (non-hydrogen) atoms. The third-order valence-corrected chi connectivity index (χ3v) is 7.97. The third-order valence-electron chi connectivity index (χ3n) is 7.34. The van der Waals surface area contributed by atoms with Gasteiger partial charge in [-0.1, -0.05) is 34.4 Å². The monoisotopic (exact) mass is 542 g/mol. The third kappa shape index (κ3) is 4.44. The molecular weight excluding hydrogens is 519 g/mol. The molecular formula is C26H24Cl2N4O5. The van der Waals surface area contributed by atoms with Crippen molar-refractivity contribution in [3.63, 3.8) is 0 Å². The number of hydrogen-bond donors (Lipinski definition) is 0. The van der Waals surface area contributed by atoms with Crippen LogP contribution in [0, 0.1) is 0 Å². The summed E-state index contributed by atoms with van der Waals surface area (Å²) in [4.78, 5) is 35.8. The molecule has 11 heteroatoms. The molecule has 2 aromatic heterocycles. The van der Waals surface area contributed by atoms with Crippen molar-refractivity contribution in [1.29, 1.82) is 0 Å². The fraction of sp³-hybridized carbons (Fsp3) is 0.423. The zero-order valence-corrected chi connectivity index (χ0v) is 21.5. The van der Waals surface area contributed by atoms with Crippen molar-refractivity contribution < 1.29 is 23.6 Å². The molecule has 9 nitrogen and oxygen atoms in total. The van der Waals surface area contributed by atoms with Crippen molar-refractivity contribution in [1.82, 2.24) is 15.1 Å². The van der Waals surface area contributed by atoms with Gasteiger partial charge in [0.15, 0.2) is 5.76 Å². The molecule has 0 radical (unpaired) electrons. The van der Waals surface area contributed by atoms with Crippen LogP contribution in [0.25, 0.3) is 11.3 Å². The number of hydrogen-bond acceptors (Lipinski definition) is 9. The lowest BCUT2D eigenvalue weighted by Gasteiger charge is -2.39. The van der Waals surface area contributed by atoms with Gasteiger partial charge in [-0.25, -0.2) is 19.6 Å². The van der Waals surface area contributed by atoms with E-state index in [9.17, 15) is 9.59 Å². The number of rotatable bonds is 6. The number of halogens is 2. The minimum Gasteiger partial charge on any atom is -0.463 e. The van der Waals surface area contributed by atoms with Crippen LogP contribution in [0.4, 0.5) is 5.69 Å². The lowest BCUT2D eigenvalue weighted by atomic mass is 9.98. The summed E-state index contributed by atoms with van der Waals surface area (Å²) in [6, 6.07) is 5.50. The molecule has 2 aliphatic heterocycles. The SMILES string of the molecule is COC(=O)c1ncc(N2[C@@H]3CC[C@H]2CC(OC(=O)c2c(-c4c(Cl)cccc4Cl)noc2C2CC2)C3)cn1. The molecule has 2 saturated heterocycles. The summed E-state index contributed by atoms with van der Waals surface area (Å²) in [7, 11) is 1.30. The molecule has 1 aromatic carbocycles. The fourth-order valence-corrected chi connectivity index (χ4v) is 6.10. The molecule has 3 atom stereocenters. The Morgan fingerprint density at radius 1 is 1.00 bits per heavy atom. The van der Waals surface area contributed by atoms with Crippen LogP contribution in [0.2, 0.25) is 10.0 Å². The number of anilines is 1. The van der Waals surface area contributed by atoms with Crippen molar-refractivity contribution in [2.75, 3.05) is 12.0 Å². The van der Waals surface area contributed by atoms with Gasteiger partial charge >= 0.3 is 11.9 Å². The Morgan fingerprint density at radius 2 is 1.65 bits per heavy atom. The van der Waals surface area contributed by atoms with Crippen molar-refractivity contribution in [3.05, 3.63) is 57.8 Å². The Bertz CT molecular complexity index is 1320. The van der Waals surface area contributed by atoms with Gasteiger partial charge in [-0.3, -0.25) is 0 Å². The summed E-state index contributed by atoms with van der Waals surface area (Å²) in [5.41, 5.74) is 1.96. The van der Waals surface area contributed by atoms with Crippen LogP contribution < -0.4 is 4.90 Å². The van der Waals surface area contributed by atoms with Crippen LogP contribution in [0.5, 0.6) is 0 Å². The molecule has 0 spiro atoms. The predicted octanol–water partition coefficient (Wildman–Crippen LogP) is 5.46. The van der Waals surface area contributed by atoms with Crippen LogP contribution in [-0.2, 0) is 9.47 Å². The van der Waals surface area contributed by atoms with E-state index < -0.39 is 11.9 Å². The maximum Gasteiger partial charge on any atom is 0.376 e. The molecule has 0 N–H and O–H groups in total. The number of nitrogens with zero attached hydrogens (tertiary/aromatic N) is 4. The van der Waals surface area contributed by atoms with Gasteiger partial charge < -0.3 is 18.9 Å². The molecule has 1 unspecified atom stereocenters. The maximum absolute atomic E-state index is 13.6. The summed E-state index contributed by atoms with van der Waals surface area (Å²) >= 11 is 12.9. The Kier molecular flexibility index (Phi) is 6.28. The smallest absolute Gasteiger partial charge is 0.376 e. The van der Waals surface area contributed by atoms with Gasteiger partial charge in [-0.05, 0) is 37.8 Å². The van der Waals surface area contributed by atoms with Crippen molar-refractivity contribution in [2.24, 2.45) is 0 Å². The maximum atomic E-state index is 13.6. The second-order valence-corrected chi connectivity index (χ2v) is 10.5. The number of methoxy groups -OCH3 is 1. The first-order valence-electron chi connectivity index (χ1n) is 12.3. The van der Waals surface area contributed by atoms with E-state index in [1.807, 2.05) is 0 Å². The summed E-state index contributed by atoms with van der Waals surface area (Å²) in [6.45, 7) is 0. The molecule has 6 rings (SSSR count). The van der Waals surface area contributed by atoms with Gasteiger partial charge in [0.05, 0.1) is 35.2 Å². The van der Waals surface area contributed by atoms with E-state index in [4.69, 9.17) is 32.5 Å². The average molecular weight is 543 g/mol. The largest absolute Gasteiger partial charge is 0.463 e. The second kappa shape index (κ2) is 9.61. The Labute approximate surface area is 223 Å². The minimum absolute atomic E-state index is 0.0250. The zero-order chi connectivity index (χ0) is 25.7. The number of piperidine rings is 1. The van der Waals surface area contributed by atoms with Gasteiger partial charge in [0.1, 0.15) is 17.4 Å². The second-order valence-electron chi connectivity index (χ2n) is 9.69. The van der Waals surface area contributed by atoms with Gasteiger partial charge in [-0.2, -0.15) is 0 Å². The highest BCUT2D eigenvalue weighted by atomic mass is 35.5. The molecule has 1 saturated carbocycles. The molecule has 2 bridgehead atoms. The number of fused-ring (bicyclic) bond motifs is 2. The Morgan fingerprint density at radius 3 is 2.24 bits per heavy atom. The number of ether oxygens (including phenoxy) is 2. The number of esters is 2. The van der Waals surface area contributed by atoms with Gasteiger partial charge in [0, 0.05) is 36.4 Å². The van der Waals surface area contributed by atoms with Crippen LogP contribution >= 0.6 is 23.2 Å². The quantitative estimate of drug-likeness (QED) is 0.375. The number of carbonyl (C=O) groups excluding carboxylic acids is 2. The lowest BCUT2D eigenvalue weighted by Crippen LogP contribution is -2.46. The lowest BCUT2D eigenvalue weighted by molar-refractivity contribution is 0.0202. The van der Waals surface area contributed by atoms with Crippen molar-refractivity contribution in [2.45, 2.75) is 62.6 Å². The van der Waals surface area contributed by atoms with Crippen molar-refractivity contribution in [3.8, 4) is 11.3 Å². The van der Waals surface area contributed by atoms with E-state index in [0.717, 1.165) is 31.4 Å². The zero-order valence-electron chi connectivity index (χ0n) is 20.0. The standard InChI is InChI=1S/C26H24Cl2N4O5/c1-35-26(34)24-29-11-16(12-30-24)32-14-7-8-15(32)10-17(9-14)36-25(33)21-22(31-37-23(21)13-5-6-13)20-18(27)3-2-4-19(20)28/h2-4,11-15,17H,5-10H2,1H3/t14-,15+,17?. The van der Waals surface area contributed by atoms with E-state index in [-0.39, 0.29) is 29.9 Å². The predicted molar refractivity (Wildman–Crippen MR) is 135 cm³/mol. The fourth-order valence-electron chi connectivity index (χ4n) is 5.53. The summed E-state index contributed by atoms with van der Waals surface area (Å²) < 4.78 is 16.4. The normalized spacial score (nSPS) is 22.7. The number of benzene rings is 1. The first-order valence-corrected chi connectivity index (χ1v) is 13.0. The van der Waals surface area contributed by atoms with Crippen molar-refractivity contribution >= 4 is 40.8 Å². The summed E-state index contributed by atoms with van der Waals surface area (Å²) in [6.07, 6.45) is 8.20. The molecule has 192 valence electrons. The van der Waals surface area contributed by atoms with E-state index in [0.29, 0.717) is 45.5 Å². The number of carbonyl (C=O) groups is 2. The average Bonchev–Trinajstić information content (AvgIpc) is 3.59. The summed E-state index contributed by atoms with van der Waals surface area (Å²) in [5, 5.41) is 4.99. The van der Waals surface area contributed by atoms with E-state index >= 15 is 0 Å². The topological polar surface area (TPSA) is 108 Å². The minimum atomic E-state index is -0.572. The molecule has 3 aliphatic rings. The molecule has 4 heterocycles. The molecule has 3 aromatic rings. The van der Waals surface area contributed by atoms with Gasteiger partial charge in [0.2, 0.25) is 5.82 Å². The van der Waals surface area contributed by atoms with Gasteiger partial charge in [0.25, 0.3) is 0 Å². The summed E-state index contributed by atoms with van der Waals surface area (Å²) in [5.74, 6) is -0.318. The Hall–Kier alpha value is -3.17. The van der Waals surface area contributed by atoms with E-state index in [2.05, 4.69) is 24.8 Å². The molecule has 1 aliphatic carbocycles. The molecule has 3 fully saturated rings. The van der Waals surface area contributed by atoms with Crippen LogP contribution in [0.1, 0.15) is 71.2 Å². The van der Waals surface area contributed by atoms with Crippen LogP contribution in [0.3, 0.4) is 0 Å². The van der Waals surface area contributed by atoms with E-state index in [1.165, 1.54) is 7.11 Å². The number of aromatic nitrogens is 3. The van der Waals surface area contributed by atoms with Crippen LogP contribution in [0.15, 0.2) is 35.1 Å². The highest BCUT2D eigenvalue weighted by Gasteiger charge is 2.44. The first kappa shape index (κ1) is 24.2. The molecule has 0 amide bonds. The highest BCUT2D eigenvalue weighted by molar-refractivity contribution is 6.39. The highest BCUT2D eigenvalue weighted by Crippen LogP contribution is 2.47. The Balaban J connectivity index is 1.22.